The van der Waals surface area contributed by atoms with Gasteiger partial charge < -0.3 is 19.5 Å². The summed E-state index contributed by atoms with van der Waals surface area (Å²) < 4.78 is 16.6. The minimum atomic E-state index is -0.0700. The molecule has 2 aromatic rings. The molecule has 1 atom stereocenters. The van der Waals surface area contributed by atoms with Crippen LogP contribution in [0, 0.1) is 0 Å². The molecule has 5 nitrogen and oxygen atoms in total. The van der Waals surface area contributed by atoms with Gasteiger partial charge in [0.25, 0.3) is 0 Å². The molecule has 0 radical (unpaired) electrons. The first kappa shape index (κ1) is 15.8. The second-order valence-electron chi connectivity index (χ2n) is 6.32. The number of hydrogen-bond acceptors (Lipinski definition) is 4. The van der Waals surface area contributed by atoms with E-state index in [0.29, 0.717) is 37.0 Å². The first-order chi connectivity index (χ1) is 12.3. The number of carbonyl (C=O) groups excluding carboxylic acids is 1. The summed E-state index contributed by atoms with van der Waals surface area (Å²) in [6.07, 6.45) is 1.82. The van der Waals surface area contributed by atoms with Crippen LogP contribution in [0.1, 0.15) is 29.0 Å². The van der Waals surface area contributed by atoms with Crippen LogP contribution in [0.5, 0.6) is 17.2 Å². The maximum Gasteiger partial charge on any atom is 0.227 e. The lowest BCUT2D eigenvalue weighted by atomic mass is 10.0. The van der Waals surface area contributed by atoms with Crippen molar-refractivity contribution in [2.45, 2.75) is 25.3 Å². The standard InChI is InChI=1S/C20H21NO4/c1-23-17-11-19-18(24-8-9-25-19)10-14(17)12-21-20(22)16-7-6-13-4-2-3-5-15(13)16/h2-5,10-11,16H,6-9,12H2,1H3,(H,21,22). The van der Waals surface area contributed by atoms with Crippen LogP contribution >= 0.6 is 0 Å². The summed E-state index contributed by atoms with van der Waals surface area (Å²) in [7, 11) is 1.62. The summed E-state index contributed by atoms with van der Waals surface area (Å²) in [5.74, 6) is 2.06. The molecule has 1 aliphatic carbocycles. The molecule has 1 N–H and O–H groups in total. The topological polar surface area (TPSA) is 56.8 Å². The molecule has 4 rings (SSSR count). The van der Waals surface area contributed by atoms with Crippen molar-refractivity contribution < 1.29 is 19.0 Å². The van der Waals surface area contributed by atoms with Gasteiger partial charge in [0.05, 0.1) is 13.0 Å². The molecule has 0 aromatic heterocycles. The van der Waals surface area contributed by atoms with Crippen molar-refractivity contribution in [2.24, 2.45) is 0 Å². The molecule has 0 bridgehead atoms. The number of hydrogen-bond donors (Lipinski definition) is 1. The fraction of sp³-hybridized carbons (Fsp3) is 0.350. The van der Waals surface area contributed by atoms with E-state index in [2.05, 4.69) is 17.4 Å². The van der Waals surface area contributed by atoms with Crippen LogP contribution in [-0.4, -0.2) is 26.2 Å². The first-order valence-corrected chi connectivity index (χ1v) is 8.58. The van der Waals surface area contributed by atoms with Crippen molar-refractivity contribution in [3.8, 4) is 17.2 Å². The quantitative estimate of drug-likeness (QED) is 0.931. The van der Waals surface area contributed by atoms with Gasteiger partial charge in [-0.25, -0.2) is 0 Å². The summed E-state index contributed by atoms with van der Waals surface area (Å²) in [5, 5.41) is 3.05. The fourth-order valence-electron chi connectivity index (χ4n) is 3.58. The molecule has 2 aliphatic rings. The number of rotatable bonds is 4. The summed E-state index contributed by atoms with van der Waals surface area (Å²) in [6.45, 7) is 1.47. The Labute approximate surface area is 146 Å². The number of aryl methyl sites for hydroxylation is 1. The van der Waals surface area contributed by atoms with E-state index in [1.807, 2.05) is 24.3 Å². The molecule has 1 heterocycles. The lowest BCUT2D eigenvalue weighted by Crippen LogP contribution is -2.28. The van der Waals surface area contributed by atoms with Crippen LogP contribution in [0.3, 0.4) is 0 Å². The van der Waals surface area contributed by atoms with E-state index in [9.17, 15) is 4.79 Å². The van der Waals surface area contributed by atoms with Gasteiger partial charge in [0, 0.05) is 18.2 Å². The predicted molar refractivity (Wildman–Crippen MR) is 93.3 cm³/mol. The van der Waals surface area contributed by atoms with E-state index in [0.717, 1.165) is 24.0 Å². The molecule has 0 spiro atoms. The minimum Gasteiger partial charge on any atom is -0.496 e. The minimum absolute atomic E-state index is 0.0573. The Balaban J connectivity index is 1.49. The number of ether oxygens (including phenoxy) is 3. The Morgan fingerprint density at radius 2 is 1.96 bits per heavy atom. The molecule has 25 heavy (non-hydrogen) atoms. The second kappa shape index (κ2) is 6.67. The maximum atomic E-state index is 12.7. The highest BCUT2D eigenvalue weighted by atomic mass is 16.6. The second-order valence-corrected chi connectivity index (χ2v) is 6.32. The SMILES string of the molecule is COc1cc2c(cc1CNC(=O)C1CCc3ccccc31)OCCO2. The van der Waals surface area contributed by atoms with E-state index >= 15 is 0 Å². The third-order valence-corrected chi connectivity index (χ3v) is 4.85. The van der Waals surface area contributed by atoms with Gasteiger partial charge in [0.15, 0.2) is 11.5 Å². The van der Waals surface area contributed by atoms with Crippen LogP contribution in [0.2, 0.25) is 0 Å². The summed E-state index contributed by atoms with van der Waals surface area (Å²) in [5.41, 5.74) is 3.31. The summed E-state index contributed by atoms with van der Waals surface area (Å²) >= 11 is 0. The van der Waals surface area contributed by atoms with E-state index < -0.39 is 0 Å². The van der Waals surface area contributed by atoms with Gasteiger partial charge in [0.1, 0.15) is 19.0 Å². The summed E-state index contributed by atoms with van der Waals surface area (Å²) in [6, 6.07) is 11.9. The maximum absolute atomic E-state index is 12.7. The molecule has 130 valence electrons. The van der Waals surface area contributed by atoms with Gasteiger partial charge in [0.2, 0.25) is 5.91 Å². The largest absolute Gasteiger partial charge is 0.496 e. The van der Waals surface area contributed by atoms with Crippen molar-refractivity contribution in [3.05, 3.63) is 53.1 Å². The molecule has 0 fully saturated rings. The van der Waals surface area contributed by atoms with Gasteiger partial charge in [-0.1, -0.05) is 24.3 Å². The molecule has 5 heteroatoms. The number of methoxy groups -OCH3 is 1. The highest BCUT2D eigenvalue weighted by Gasteiger charge is 2.28. The van der Waals surface area contributed by atoms with Crippen molar-refractivity contribution in [1.29, 1.82) is 0 Å². The molecule has 0 saturated heterocycles. The first-order valence-electron chi connectivity index (χ1n) is 8.58. The lowest BCUT2D eigenvalue weighted by Gasteiger charge is -2.21. The number of fused-ring (bicyclic) bond motifs is 2. The molecular weight excluding hydrogens is 318 g/mol. The van der Waals surface area contributed by atoms with E-state index in [1.54, 1.807) is 7.11 Å². The average molecular weight is 339 g/mol. The molecular formula is C20H21NO4. The van der Waals surface area contributed by atoms with Gasteiger partial charge in [-0.05, 0) is 30.0 Å². The van der Waals surface area contributed by atoms with Crippen LogP contribution in [-0.2, 0) is 17.8 Å². The zero-order valence-electron chi connectivity index (χ0n) is 14.2. The normalized spacial score (nSPS) is 17.7. The van der Waals surface area contributed by atoms with E-state index in [4.69, 9.17) is 14.2 Å². The van der Waals surface area contributed by atoms with Crippen LogP contribution in [0.4, 0.5) is 0 Å². The fourth-order valence-corrected chi connectivity index (χ4v) is 3.58. The molecule has 0 saturated carbocycles. The van der Waals surface area contributed by atoms with E-state index in [-0.39, 0.29) is 11.8 Å². The van der Waals surface area contributed by atoms with Crippen molar-refractivity contribution in [3.63, 3.8) is 0 Å². The Morgan fingerprint density at radius 1 is 1.20 bits per heavy atom. The molecule has 1 aliphatic heterocycles. The Kier molecular flexibility index (Phi) is 4.22. The smallest absolute Gasteiger partial charge is 0.227 e. The zero-order chi connectivity index (χ0) is 17.2. The number of amides is 1. The van der Waals surface area contributed by atoms with Crippen molar-refractivity contribution in [1.82, 2.24) is 5.32 Å². The van der Waals surface area contributed by atoms with Crippen LogP contribution < -0.4 is 19.5 Å². The van der Waals surface area contributed by atoms with Gasteiger partial charge in [-0.3, -0.25) is 4.79 Å². The monoisotopic (exact) mass is 339 g/mol. The third kappa shape index (κ3) is 3.02. The third-order valence-electron chi connectivity index (χ3n) is 4.85. The van der Waals surface area contributed by atoms with Gasteiger partial charge in [-0.15, -0.1) is 0 Å². The predicted octanol–water partition coefficient (Wildman–Crippen LogP) is 2.81. The molecule has 1 amide bonds. The molecule has 2 aromatic carbocycles. The van der Waals surface area contributed by atoms with E-state index in [1.165, 1.54) is 5.56 Å². The van der Waals surface area contributed by atoms with Crippen molar-refractivity contribution >= 4 is 5.91 Å². The van der Waals surface area contributed by atoms with Crippen molar-refractivity contribution in [2.75, 3.05) is 20.3 Å². The van der Waals surface area contributed by atoms with Gasteiger partial charge >= 0.3 is 0 Å². The average Bonchev–Trinajstić information content (AvgIpc) is 3.09. The molecule has 1 unspecified atom stereocenters. The number of nitrogens with one attached hydrogen (secondary N) is 1. The Hall–Kier alpha value is -2.69. The highest BCUT2D eigenvalue weighted by molar-refractivity contribution is 5.85. The Bertz CT molecular complexity index is 802. The lowest BCUT2D eigenvalue weighted by molar-refractivity contribution is -0.122. The number of carbonyl (C=O) groups is 1. The summed E-state index contributed by atoms with van der Waals surface area (Å²) in [4.78, 5) is 12.7. The van der Waals surface area contributed by atoms with Crippen LogP contribution in [0.25, 0.3) is 0 Å². The number of benzene rings is 2. The zero-order valence-corrected chi connectivity index (χ0v) is 14.2. The highest BCUT2D eigenvalue weighted by Crippen LogP contribution is 2.37. The Morgan fingerprint density at radius 3 is 2.76 bits per heavy atom. The van der Waals surface area contributed by atoms with Crippen LogP contribution in [0.15, 0.2) is 36.4 Å². The van der Waals surface area contributed by atoms with Gasteiger partial charge in [-0.2, -0.15) is 0 Å².